The van der Waals surface area contributed by atoms with Gasteiger partial charge in [-0.1, -0.05) is 26.0 Å². The first kappa shape index (κ1) is 13.1. The van der Waals surface area contributed by atoms with Gasteiger partial charge >= 0.3 is 0 Å². The van der Waals surface area contributed by atoms with E-state index < -0.39 is 0 Å². The monoisotopic (exact) mass is 255 g/mol. The first-order valence-corrected chi connectivity index (χ1v) is 6.19. The molecular weight excluding hydrogens is 238 g/mol. The number of amides is 1. The van der Waals surface area contributed by atoms with E-state index in [0.717, 1.165) is 5.69 Å². The van der Waals surface area contributed by atoms with Crippen LogP contribution in [0.3, 0.4) is 0 Å². The lowest BCUT2D eigenvalue weighted by molar-refractivity contribution is 0.102. The quantitative estimate of drug-likeness (QED) is 0.885. The third kappa shape index (κ3) is 3.31. The van der Waals surface area contributed by atoms with Crippen LogP contribution in [-0.2, 0) is 0 Å². The number of nitrogens with zero attached hydrogens (tertiary/aromatic N) is 1. The van der Waals surface area contributed by atoms with Crippen molar-refractivity contribution in [2.45, 2.75) is 19.8 Å². The normalized spacial score (nSPS) is 10.5. The predicted octanol–water partition coefficient (Wildman–Crippen LogP) is 3.04. The second-order valence-electron chi connectivity index (χ2n) is 4.71. The average Bonchev–Trinajstić information content (AvgIpc) is 2.40. The lowest BCUT2D eigenvalue weighted by atomic mass is 10.0. The van der Waals surface area contributed by atoms with Crippen molar-refractivity contribution >= 4 is 17.3 Å². The summed E-state index contributed by atoms with van der Waals surface area (Å²) < 4.78 is 0. The summed E-state index contributed by atoms with van der Waals surface area (Å²) in [5, 5.41) is 2.80. The molecule has 0 spiro atoms. The van der Waals surface area contributed by atoms with Gasteiger partial charge in [0.15, 0.2) is 0 Å². The molecule has 1 aromatic heterocycles. The summed E-state index contributed by atoms with van der Waals surface area (Å²) in [5.74, 6) is 0.237. The molecule has 0 saturated heterocycles. The van der Waals surface area contributed by atoms with Crippen LogP contribution in [0.5, 0.6) is 0 Å². The Balaban J connectivity index is 2.08. The van der Waals surface area contributed by atoms with Gasteiger partial charge in [0.05, 0.1) is 11.9 Å². The SMILES string of the molecule is CC(C)c1ccc(NC(=O)c2ccc(N)cn2)cc1. The number of rotatable bonds is 3. The topological polar surface area (TPSA) is 68.0 Å². The van der Waals surface area contributed by atoms with Crippen molar-refractivity contribution in [2.75, 3.05) is 11.1 Å². The van der Waals surface area contributed by atoms with E-state index in [2.05, 4.69) is 24.1 Å². The largest absolute Gasteiger partial charge is 0.397 e. The highest BCUT2D eigenvalue weighted by Crippen LogP contribution is 2.17. The molecule has 0 aliphatic carbocycles. The van der Waals surface area contributed by atoms with Crippen LogP contribution in [0.2, 0.25) is 0 Å². The second kappa shape index (κ2) is 5.52. The van der Waals surface area contributed by atoms with Crippen molar-refractivity contribution in [2.24, 2.45) is 0 Å². The zero-order chi connectivity index (χ0) is 13.8. The van der Waals surface area contributed by atoms with Gasteiger partial charge in [-0.15, -0.1) is 0 Å². The molecule has 0 bridgehead atoms. The van der Waals surface area contributed by atoms with Crippen LogP contribution in [0, 0.1) is 0 Å². The minimum Gasteiger partial charge on any atom is -0.397 e. The van der Waals surface area contributed by atoms with Gasteiger partial charge in [0.25, 0.3) is 5.91 Å². The highest BCUT2D eigenvalue weighted by molar-refractivity contribution is 6.02. The molecule has 3 N–H and O–H groups in total. The molecule has 2 rings (SSSR count). The van der Waals surface area contributed by atoms with Gasteiger partial charge in [-0.2, -0.15) is 0 Å². The Bertz CT molecular complexity index is 559. The van der Waals surface area contributed by atoms with E-state index in [1.807, 2.05) is 24.3 Å². The molecule has 0 unspecified atom stereocenters. The Morgan fingerprint density at radius 3 is 2.37 bits per heavy atom. The van der Waals surface area contributed by atoms with E-state index in [1.165, 1.54) is 11.8 Å². The molecule has 98 valence electrons. The van der Waals surface area contributed by atoms with Crippen LogP contribution in [-0.4, -0.2) is 10.9 Å². The number of hydrogen-bond donors (Lipinski definition) is 2. The van der Waals surface area contributed by atoms with Crippen LogP contribution in [0.1, 0.15) is 35.8 Å². The Morgan fingerprint density at radius 2 is 1.84 bits per heavy atom. The van der Waals surface area contributed by atoms with Crippen LogP contribution >= 0.6 is 0 Å². The van der Waals surface area contributed by atoms with Crippen LogP contribution < -0.4 is 11.1 Å². The fraction of sp³-hybridized carbons (Fsp3) is 0.200. The Labute approximate surface area is 112 Å². The first-order chi connectivity index (χ1) is 9.06. The standard InChI is InChI=1S/C15H17N3O/c1-10(2)11-3-6-13(7-4-11)18-15(19)14-8-5-12(16)9-17-14/h3-10H,16H2,1-2H3,(H,18,19). The molecule has 4 nitrogen and oxygen atoms in total. The van der Waals surface area contributed by atoms with Gasteiger partial charge in [0.2, 0.25) is 0 Å². The fourth-order valence-electron chi connectivity index (χ4n) is 1.69. The van der Waals surface area contributed by atoms with Crippen molar-refractivity contribution in [3.8, 4) is 0 Å². The smallest absolute Gasteiger partial charge is 0.274 e. The molecule has 1 aromatic carbocycles. The van der Waals surface area contributed by atoms with Gasteiger partial charge in [-0.25, -0.2) is 4.98 Å². The predicted molar refractivity (Wildman–Crippen MR) is 77.1 cm³/mol. The fourth-order valence-corrected chi connectivity index (χ4v) is 1.69. The van der Waals surface area contributed by atoms with Crippen molar-refractivity contribution in [1.29, 1.82) is 0 Å². The van der Waals surface area contributed by atoms with E-state index in [9.17, 15) is 4.79 Å². The summed E-state index contributed by atoms with van der Waals surface area (Å²) in [4.78, 5) is 15.9. The molecule has 0 aliphatic heterocycles. The minimum atomic E-state index is -0.239. The number of carbonyl (C=O) groups excluding carboxylic acids is 1. The van der Waals surface area contributed by atoms with E-state index in [4.69, 9.17) is 5.73 Å². The summed E-state index contributed by atoms with van der Waals surface area (Å²) in [7, 11) is 0. The molecule has 1 heterocycles. The van der Waals surface area contributed by atoms with Crippen molar-refractivity contribution < 1.29 is 4.79 Å². The third-order valence-electron chi connectivity index (χ3n) is 2.85. The third-order valence-corrected chi connectivity index (χ3v) is 2.85. The van der Waals surface area contributed by atoms with Crippen molar-refractivity contribution in [1.82, 2.24) is 4.98 Å². The maximum Gasteiger partial charge on any atom is 0.274 e. The number of hydrogen-bond acceptors (Lipinski definition) is 3. The zero-order valence-electron chi connectivity index (χ0n) is 11.1. The van der Waals surface area contributed by atoms with E-state index >= 15 is 0 Å². The van der Waals surface area contributed by atoms with E-state index in [0.29, 0.717) is 17.3 Å². The molecule has 2 aromatic rings. The number of nitrogen functional groups attached to an aromatic ring is 1. The molecule has 0 radical (unpaired) electrons. The highest BCUT2D eigenvalue weighted by Gasteiger charge is 2.07. The lowest BCUT2D eigenvalue weighted by Crippen LogP contribution is -2.13. The molecule has 1 amide bonds. The summed E-state index contributed by atoms with van der Waals surface area (Å²) in [5.41, 5.74) is 8.42. The van der Waals surface area contributed by atoms with Gasteiger partial charge in [0, 0.05) is 5.69 Å². The van der Waals surface area contributed by atoms with Crippen LogP contribution in [0.15, 0.2) is 42.6 Å². The van der Waals surface area contributed by atoms with Gasteiger partial charge in [0.1, 0.15) is 5.69 Å². The number of carbonyl (C=O) groups is 1. The number of pyridine rings is 1. The second-order valence-corrected chi connectivity index (χ2v) is 4.71. The van der Waals surface area contributed by atoms with Crippen molar-refractivity contribution in [3.05, 3.63) is 53.9 Å². The van der Waals surface area contributed by atoms with Gasteiger partial charge < -0.3 is 11.1 Å². The lowest BCUT2D eigenvalue weighted by Gasteiger charge is -2.08. The van der Waals surface area contributed by atoms with Crippen LogP contribution in [0.4, 0.5) is 11.4 Å². The molecule has 0 saturated carbocycles. The number of aromatic nitrogens is 1. The maximum absolute atomic E-state index is 11.9. The van der Waals surface area contributed by atoms with E-state index in [-0.39, 0.29) is 5.91 Å². The average molecular weight is 255 g/mol. The first-order valence-electron chi connectivity index (χ1n) is 6.19. The highest BCUT2D eigenvalue weighted by atomic mass is 16.1. The molecule has 0 atom stereocenters. The molecule has 0 aliphatic rings. The molecule has 0 fully saturated rings. The Kier molecular flexibility index (Phi) is 3.80. The number of benzene rings is 1. The van der Waals surface area contributed by atoms with Crippen molar-refractivity contribution in [3.63, 3.8) is 0 Å². The number of anilines is 2. The van der Waals surface area contributed by atoms with Crippen LogP contribution in [0.25, 0.3) is 0 Å². The maximum atomic E-state index is 11.9. The summed E-state index contributed by atoms with van der Waals surface area (Å²) >= 11 is 0. The summed E-state index contributed by atoms with van der Waals surface area (Å²) in [6.07, 6.45) is 1.47. The molecule has 19 heavy (non-hydrogen) atoms. The summed E-state index contributed by atoms with van der Waals surface area (Å²) in [6.45, 7) is 4.26. The summed E-state index contributed by atoms with van der Waals surface area (Å²) in [6, 6.07) is 11.1. The number of nitrogens with one attached hydrogen (secondary N) is 1. The zero-order valence-corrected chi connectivity index (χ0v) is 11.1. The van der Waals surface area contributed by atoms with E-state index in [1.54, 1.807) is 12.1 Å². The Hall–Kier alpha value is -2.36. The molecule has 4 heteroatoms. The Morgan fingerprint density at radius 1 is 1.16 bits per heavy atom. The minimum absolute atomic E-state index is 0.239. The van der Waals surface area contributed by atoms with Gasteiger partial charge in [-0.05, 0) is 35.7 Å². The molecular formula is C15H17N3O. The number of nitrogens with two attached hydrogens (primary N) is 1. The van der Waals surface area contributed by atoms with Gasteiger partial charge in [-0.3, -0.25) is 4.79 Å².